The second-order valence-electron chi connectivity index (χ2n) is 7.52. The topological polar surface area (TPSA) is 61.4 Å². The maximum absolute atomic E-state index is 13.1. The first-order chi connectivity index (χ1) is 11.7. The minimum Gasteiger partial charge on any atom is -0.356 e. The molecule has 0 saturated carbocycles. The van der Waals surface area contributed by atoms with Gasteiger partial charge in [0.2, 0.25) is 5.91 Å². The van der Waals surface area contributed by atoms with Crippen LogP contribution in [0.1, 0.15) is 47.5 Å². The maximum atomic E-state index is 13.1. The second-order valence-corrected chi connectivity index (χ2v) is 7.52. The summed E-state index contributed by atoms with van der Waals surface area (Å²) in [6, 6.07) is 8.08. The number of rotatable bonds is 2. The number of likely N-dealkylation sites (tertiary alicyclic amines) is 1. The molecule has 1 atom stereocenters. The minimum absolute atomic E-state index is 0.0861. The molecular formula is C19H25N3O2. The molecule has 24 heavy (non-hydrogen) atoms. The van der Waals surface area contributed by atoms with Crippen molar-refractivity contribution in [3.8, 4) is 0 Å². The second kappa shape index (κ2) is 6.20. The Hall–Kier alpha value is -1.88. The standard InChI is InChI=1S/C19H25N3O2/c23-17-11-19(13-21-17)6-9-22(10-7-19)18(24)16-4-2-1-3-15(16)14-5-8-20-12-14/h1-4,14,20H,5-13H2,(H,21,23)/t14-/m1/s1. The summed E-state index contributed by atoms with van der Waals surface area (Å²) in [4.78, 5) is 26.6. The van der Waals surface area contributed by atoms with Gasteiger partial charge in [-0.25, -0.2) is 0 Å². The molecule has 0 unspecified atom stereocenters. The fourth-order valence-electron chi connectivity index (χ4n) is 4.43. The lowest BCUT2D eigenvalue weighted by molar-refractivity contribution is -0.119. The Labute approximate surface area is 142 Å². The van der Waals surface area contributed by atoms with Crippen molar-refractivity contribution >= 4 is 11.8 Å². The van der Waals surface area contributed by atoms with Crippen LogP contribution in [0.3, 0.4) is 0 Å². The predicted octanol–water partition coefficient (Wildman–Crippen LogP) is 1.51. The molecule has 4 rings (SSSR count). The van der Waals surface area contributed by atoms with Crippen LogP contribution in [0.4, 0.5) is 0 Å². The van der Waals surface area contributed by atoms with Gasteiger partial charge < -0.3 is 15.5 Å². The van der Waals surface area contributed by atoms with Crippen molar-refractivity contribution in [3.63, 3.8) is 0 Å². The lowest BCUT2D eigenvalue weighted by Crippen LogP contribution is -2.44. The van der Waals surface area contributed by atoms with Crippen LogP contribution in [0.2, 0.25) is 0 Å². The van der Waals surface area contributed by atoms with Crippen molar-refractivity contribution in [2.75, 3.05) is 32.7 Å². The smallest absolute Gasteiger partial charge is 0.254 e. The van der Waals surface area contributed by atoms with Gasteiger partial charge in [0.1, 0.15) is 0 Å². The van der Waals surface area contributed by atoms with Crippen molar-refractivity contribution < 1.29 is 9.59 Å². The molecule has 0 aliphatic carbocycles. The van der Waals surface area contributed by atoms with Crippen molar-refractivity contribution in [1.29, 1.82) is 0 Å². The van der Waals surface area contributed by atoms with E-state index in [1.54, 1.807) is 0 Å². The number of amides is 2. The average Bonchev–Trinajstić information content (AvgIpc) is 3.26. The van der Waals surface area contributed by atoms with Crippen molar-refractivity contribution in [3.05, 3.63) is 35.4 Å². The number of hydrogen-bond acceptors (Lipinski definition) is 3. The molecule has 3 aliphatic heterocycles. The number of benzene rings is 1. The van der Waals surface area contributed by atoms with Gasteiger partial charge in [-0.05, 0) is 48.8 Å². The summed E-state index contributed by atoms with van der Waals surface area (Å²) in [6.07, 6.45) is 3.57. The van der Waals surface area contributed by atoms with E-state index in [4.69, 9.17) is 0 Å². The highest BCUT2D eigenvalue weighted by Crippen LogP contribution is 2.38. The molecule has 0 bridgehead atoms. The minimum atomic E-state index is 0.0861. The molecule has 3 fully saturated rings. The molecule has 0 radical (unpaired) electrons. The van der Waals surface area contributed by atoms with Crippen molar-refractivity contribution in [1.82, 2.24) is 15.5 Å². The fraction of sp³-hybridized carbons (Fsp3) is 0.579. The van der Waals surface area contributed by atoms with Crippen LogP contribution < -0.4 is 10.6 Å². The monoisotopic (exact) mass is 327 g/mol. The third-order valence-corrected chi connectivity index (χ3v) is 6.00. The summed E-state index contributed by atoms with van der Waals surface area (Å²) in [5.41, 5.74) is 2.14. The van der Waals surface area contributed by atoms with E-state index >= 15 is 0 Å². The van der Waals surface area contributed by atoms with Crippen LogP contribution in [0.15, 0.2) is 24.3 Å². The van der Waals surface area contributed by atoms with Gasteiger partial charge in [-0.15, -0.1) is 0 Å². The highest BCUT2D eigenvalue weighted by molar-refractivity contribution is 5.96. The summed E-state index contributed by atoms with van der Waals surface area (Å²) >= 11 is 0. The van der Waals surface area contributed by atoms with Gasteiger partial charge in [0, 0.05) is 38.2 Å². The Bertz CT molecular complexity index is 644. The van der Waals surface area contributed by atoms with Crippen molar-refractivity contribution in [2.24, 2.45) is 5.41 Å². The van der Waals surface area contributed by atoms with Gasteiger partial charge >= 0.3 is 0 Å². The van der Waals surface area contributed by atoms with Gasteiger partial charge in [-0.2, -0.15) is 0 Å². The molecule has 2 N–H and O–H groups in total. The normalized spacial score (nSPS) is 25.9. The van der Waals surface area contributed by atoms with Gasteiger partial charge in [0.25, 0.3) is 5.91 Å². The Kier molecular flexibility index (Phi) is 4.04. The Balaban J connectivity index is 1.48. The van der Waals surface area contributed by atoms with Crippen LogP contribution in [-0.2, 0) is 4.79 Å². The van der Waals surface area contributed by atoms with E-state index in [9.17, 15) is 9.59 Å². The molecular weight excluding hydrogens is 302 g/mol. The molecule has 2 amide bonds. The van der Waals surface area contributed by atoms with Crippen LogP contribution in [-0.4, -0.2) is 49.4 Å². The molecule has 5 heteroatoms. The van der Waals surface area contributed by atoms with E-state index in [1.807, 2.05) is 23.1 Å². The predicted molar refractivity (Wildman–Crippen MR) is 91.9 cm³/mol. The van der Waals surface area contributed by atoms with E-state index in [0.717, 1.165) is 57.5 Å². The molecule has 3 saturated heterocycles. The molecule has 1 aromatic carbocycles. The lowest BCUT2D eigenvalue weighted by atomic mass is 9.77. The number of piperidine rings is 1. The Morgan fingerprint density at radius 1 is 1.21 bits per heavy atom. The molecule has 5 nitrogen and oxygen atoms in total. The summed E-state index contributed by atoms with van der Waals surface area (Å²) in [5.74, 6) is 0.761. The third kappa shape index (κ3) is 2.81. The van der Waals surface area contributed by atoms with E-state index in [-0.39, 0.29) is 17.2 Å². The fourth-order valence-corrected chi connectivity index (χ4v) is 4.43. The number of carbonyl (C=O) groups excluding carboxylic acids is 2. The first-order valence-electron chi connectivity index (χ1n) is 9.03. The Morgan fingerprint density at radius 3 is 2.67 bits per heavy atom. The highest BCUT2D eigenvalue weighted by atomic mass is 16.2. The summed E-state index contributed by atoms with van der Waals surface area (Å²) in [7, 11) is 0. The maximum Gasteiger partial charge on any atom is 0.254 e. The SMILES string of the molecule is O=C1CC2(CCN(C(=O)c3ccccc3[C@@H]3CCNC3)CC2)CN1. The lowest BCUT2D eigenvalue weighted by Gasteiger charge is -2.38. The molecule has 0 aromatic heterocycles. The van der Waals surface area contributed by atoms with Crippen LogP contribution >= 0.6 is 0 Å². The number of nitrogens with one attached hydrogen (secondary N) is 2. The number of nitrogens with zero attached hydrogens (tertiary/aromatic N) is 1. The molecule has 1 aromatic rings. The molecule has 1 spiro atoms. The molecule has 3 aliphatic rings. The first-order valence-corrected chi connectivity index (χ1v) is 9.03. The number of carbonyl (C=O) groups is 2. The summed E-state index contributed by atoms with van der Waals surface area (Å²) in [5, 5.41) is 6.34. The van der Waals surface area contributed by atoms with Crippen LogP contribution in [0, 0.1) is 5.41 Å². The van der Waals surface area contributed by atoms with E-state index in [2.05, 4.69) is 16.7 Å². The van der Waals surface area contributed by atoms with E-state index < -0.39 is 0 Å². The molecule has 3 heterocycles. The molecule has 128 valence electrons. The van der Waals surface area contributed by atoms with Gasteiger partial charge in [-0.1, -0.05) is 18.2 Å². The zero-order chi connectivity index (χ0) is 16.6. The largest absolute Gasteiger partial charge is 0.356 e. The first kappa shape index (κ1) is 15.6. The highest BCUT2D eigenvalue weighted by Gasteiger charge is 2.42. The van der Waals surface area contributed by atoms with E-state index in [1.165, 1.54) is 5.56 Å². The summed E-state index contributed by atoms with van der Waals surface area (Å²) in [6.45, 7) is 4.27. The van der Waals surface area contributed by atoms with Crippen molar-refractivity contribution in [2.45, 2.75) is 31.6 Å². The quantitative estimate of drug-likeness (QED) is 0.865. The van der Waals surface area contributed by atoms with Crippen LogP contribution in [0.5, 0.6) is 0 Å². The average molecular weight is 327 g/mol. The van der Waals surface area contributed by atoms with Gasteiger partial charge in [0.05, 0.1) is 0 Å². The van der Waals surface area contributed by atoms with E-state index in [0.29, 0.717) is 12.3 Å². The van der Waals surface area contributed by atoms with Gasteiger partial charge in [0.15, 0.2) is 0 Å². The zero-order valence-corrected chi connectivity index (χ0v) is 14.0. The summed E-state index contributed by atoms with van der Waals surface area (Å²) < 4.78 is 0. The Morgan fingerprint density at radius 2 is 2.00 bits per heavy atom. The third-order valence-electron chi connectivity index (χ3n) is 6.00. The zero-order valence-electron chi connectivity index (χ0n) is 14.0. The van der Waals surface area contributed by atoms with Crippen LogP contribution in [0.25, 0.3) is 0 Å². The number of hydrogen-bond donors (Lipinski definition) is 2. The van der Waals surface area contributed by atoms with Gasteiger partial charge in [-0.3, -0.25) is 9.59 Å².